The molecule has 2 heterocycles. The fourth-order valence-corrected chi connectivity index (χ4v) is 5.17. The van der Waals surface area contributed by atoms with Gasteiger partial charge in [-0.2, -0.15) is 4.94 Å². The molecular formula is C31H29FN2O6S. The Morgan fingerprint density at radius 1 is 1.15 bits per heavy atom. The van der Waals surface area contributed by atoms with Gasteiger partial charge in [0.15, 0.2) is 11.5 Å². The number of likely N-dealkylation sites (N-methyl/N-ethyl adjacent to an activating group) is 1. The molecule has 0 radical (unpaired) electrons. The average molecular weight is 577 g/mol. The molecule has 0 bridgehead atoms. The molecule has 0 saturated carbocycles. The van der Waals surface area contributed by atoms with Crippen LogP contribution in [-0.4, -0.2) is 42.8 Å². The summed E-state index contributed by atoms with van der Waals surface area (Å²) in [6.07, 6.45) is 4.18. The number of hydrogen-bond donors (Lipinski definition) is 0. The number of carbonyl (C=O) groups is 2. The fraction of sp³-hybridized carbons (Fsp3) is 0.194. The van der Waals surface area contributed by atoms with E-state index in [-0.39, 0.29) is 12.0 Å². The third-order valence-corrected chi connectivity index (χ3v) is 7.28. The van der Waals surface area contributed by atoms with Gasteiger partial charge in [0, 0.05) is 18.3 Å². The standard InChI is InChI=1S/C31H29FN2O6S/c1-5-27-20(3)33-31(34(4)29(27)22-11-13-24(14-12-22)38-19-39-32)41-26(18-35)17-25-15-16-28(40-25)21-7-9-23(10-8-21)30(36)37-6-2/h5,7-18,29H,1,6,19H2,2-4H3/b26-17+. The van der Waals surface area contributed by atoms with E-state index < -0.39 is 6.79 Å². The molecule has 1 aliphatic rings. The van der Waals surface area contributed by atoms with E-state index in [1.54, 1.807) is 67.6 Å². The van der Waals surface area contributed by atoms with Gasteiger partial charge < -0.3 is 18.8 Å². The van der Waals surface area contributed by atoms with E-state index in [1.165, 1.54) is 11.8 Å². The molecule has 1 aliphatic heterocycles. The number of nitrogens with zero attached hydrogens (tertiary/aromatic N) is 2. The van der Waals surface area contributed by atoms with Gasteiger partial charge in [-0.25, -0.2) is 9.79 Å². The molecule has 0 spiro atoms. The van der Waals surface area contributed by atoms with E-state index >= 15 is 0 Å². The quantitative estimate of drug-likeness (QED) is 0.103. The van der Waals surface area contributed by atoms with Crippen molar-refractivity contribution in [3.8, 4) is 17.1 Å². The number of amidine groups is 1. The summed E-state index contributed by atoms with van der Waals surface area (Å²) in [5.74, 6) is 1.17. The molecule has 0 aliphatic carbocycles. The van der Waals surface area contributed by atoms with E-state index in [0.717, 1.165) is 28.7 Å². The van der Waals surface area contributed by atoms with Crippen LogP contribution in [0.25, 0.3) is 17.4 Å². The summed E-state index contributed by atoms with van der Waals surface area (Å²) in [5, 5.41) is 0.615. The number of furan rings is 1. The Morgan fingerprint density at radius 2 is 1.88 bits per heavy atom. The van der Waals surface area contributed by atoms with Gasteiger partial charge >= 0.3 is 5.97 Å². The predicted octanol–water partition coefficient (Wildman–Crippen LogP) is 7.14. The lowest BCUT2D eigenvalue weighted by Gasteiger charge is -2.35. The van der Waals surface area contributed by atoms with Crippen LogP contribution in [0.3, 0.4) is 0 Å². The summed E-state index contributed by atoms with van der Waals surface area (Å²) in [7, 11) is 1.89. The number of thioether (sulfide) groups is 1. The summed E-state index contributed by atoms with van der Waals surface area (Å²) in [6, 6.07) is 17.5. The number of ether oxygens (including phenoxy) is 2. The highest BCUT2D eigenvalue weighted by Crippen LogP contribution is 2.38. The second-order valence-corrected chi connectivity index (χ2v) is 9.90. The first-order chi connectivity index (χ1) is 19.9. The number of aldehydes is 1. The van der Waals surface area contributed by atoms with Gasteiger partial charge in [-0.05, 0) is 83.7 Å². The lowest BCUT2D eigenvalue weighted by molar-refractivity contribution is -0.183. The molecule has 212 valence electrons. The predicted molar refractivity (Wildman–Crippen MR) is 157 cm³/mol. The first kappa shape index (κ1) is 29.6. The largest absolute Gasteiger partial charge is 0.464 e. The third-order valence-electron chi connectivity index (χ3n) is 6.27. The highest BCUT2D eigenvalue weighted by atomic mass is 32.2. The molecule has 41 heavy (non-hydrogen) atoms. The van der Waals surface area contributed by atoms with E-state index in [0.29, 0.717) is 39.5 Å². The van der Waals surface area contributed by atoms with Gasteiger partial charge in [-0.3, -0.25) is 4.79 Å². The minimum Gasteiger partial charge on any atom is -0.464 e. The van der Waals surface area contributed by atoms with Crippen molar-refractivity contribution in [3.05, 3.63) is 106 Å². The van der Waals surface area contributed by atoms with Crippen molar-refractivity contribution in [2.45, 2.75) is 19.9 Å². The number of allylic oxidation sites excluding steroid dienone is 2. The van der Waals surface area contributed by atoms with Crippen LogP contribution < -0.4 is 4.74 Å². The van der Waals surface area contributed by atoms with Crippen molar-refractivity contribution in [3.63, 3.8) is 0 Å². The molecule has 2 aromatic carbocycles. The number of hydrogen-bond acceptors (Lipinski definition) is 9. The number of halogens is 1. The van der Waals surface area contributed by atoms with Gasteiger partial charge in [0.1, 0.15) is 17.3 Å². The molecule has 1 aromatic heterocycles. The second-order valence-electron chi connectivity index (χ2n) is 8.86. The molecule has 0 N–H and O–H groups in total. The van der Waals surface area contributed by atoms with Gasteiger partial charge in [-0.1, -0.05) is 36.9 Å². The van der Waals surface area contributed by atoms with Crippen LogP contribution in [0.2, 0.25) is 0 Å². The first-order valence-electron chi connectivity index (χ1n) is 12.7. The van der Waals surface area contributed by atoms with Gasteiger partial charge in [-0.15, -0.1) is 0 Å². The lowest BCUT2D eigenvalue weighted by Crippen LogP contribution is -2.33. The molecule has 1 unspecified atom stereocenters. The van der Waals surface area contributed by atoms with Gasteiger partial charge in [0.2, 0.25) is 6.79 Å². The Labute approximate surface area is 241 Å². The molecule has 8 nitrogen and oxygen atoms in total. The van der Waals surface area contributed by atoms with Crippen molar-refractivity contribution < 1.29 is 32.9 Å². The van der Waals surface area contributed by atoms with Crippen LogP contribution in [0.15, 0.2) is 98.9 Å². The Morgan fingerprint density at radius 3 is 2.51 bits per heavy atom. The maximum Gasteiger partial charge on any atom is 0.338 e. The summed E-state index contributed by atoms with van der Waals surface area (Å²) in [6.45, 7) is 7.43. The Hall–Kier alpha value is -4.41. The van der Waals surface area contributed by atoms with Crippen LogP contribution in [0.1, 0.15) is 41.6 Å². The molecule has 0 saturated heterocycles. The minimum atomic E-state index is -0.493. The molecular weight excluding hydrogens is 547 g/mol. The van der Waals surface area contributed by atoms with Crippen molar-refractivity contribution in [1.82, 2.24) is 4.90 Å². The minimum absolute atomic E-state index is 0.223. The van der Waals surface area contributed by atoms with Crippen LogP contribution in [0, 0.1) is 0 Å². The summed E-state index contributed by atoms with van der Waals surface area (Å²) >= 11 is 1.22. The second kappa shape index (κ2) is 13.8. The van der Waals surface area contributed by atoms with E-state index in [4.69, 9.17) is 18.9 Å². The molecule has 10 heteroatoms. The van der Waals surface area contributed by atoms with Crippen molar-refractivity contribution >= 4 is 35.3 Å². The Bertz CT molecular complexity index is 1490. The van der Waals surface area contributed by atoms with Crippen LogP contribution in [0.4, 0.5) is 4.53 Å². The maximum atomic E-state index is 12.1. The highest BCUT2D eigenvalue weighted by molar-refractivity contribution is 8.17. The molecule has 3 aromatic rings. The van der Waals surface area contributed by atoms with Gasteiger partial charge in [0.25, 0.3) is 0 Å². The van der Waals surface area contributed by atoms with Crippen molar-refractivity contribution in [2.75, 3.05) is 20.4 Å². The van der Waals surface area contributed by atoms with Crippen LogP contribution >= 0.6 is 11.8 Å². The smallest absolute Gasteiger partial charge is 0.338 e. The van der Waals surface area contributed by atoms with E-state index in [9.17, 15) is 14.1 Å². The summed E-state index contributed by atoms with van der Waals surface area (Å²) in [4.78, 5) is 34.6. The van der Waals surface area contributed by atoms with Crippen LogP contribution in [0.5, 0.6) is 5.75 Å². The Kier molecular flexibility index (Phi) is 9.94. The lowest BCUT2D eigenvalue weighted by atomic mass is 9.95. The topological polar surface area (TPSA) is 90.6 Å². The third kappa shape index (κ3) is 7.03. The van der Waals surface area contributed by atoms with Crippen molar-refractivity contribution in [2.24, 2.45) is 4.99 Å². The number of esters is 1. The van der Waals surface area contributed by atoms with Crippen molar-refractivity contribution in [1.29, 1.82) is 0 Å². The number of aliphatic imine (C=N–C) groups is 1. The first-order valence-corrected chi connectivity index (χ1v) is 13.5. The monoisotopic (exact) mass is 576 g/mol. The molecule has 0 fully saturated rings. The normalized spacial score (nSPS) is 15.4. The van der Waals surface area contributed by atoms with E-state index in [2.05, 4.69) is 11.5 Å². The molecule has 0 amide bonds. The highest BCUT2D eigenvalue weighted by Gasteiger charge is 2.29. The van der Waals surface area contributed by atoms with E-state index in [1.807, 2.05) is 31.0 Å². The maximum absolute atomic E-state index is 12.1. The zero-order valence-corrected chi connectivity index (χ0v) is 23.7. The Balaban J connectivity index is 1.53. The molecule has 4 rings (SSSR count). The SMILES string of the molecule is C=CC1=C(C)N=C(S/C(C=O)=C/c2ccc(-c3ccc(C(=O)OCC)cc3)o2)N(C)C1c1ccc(OCOF)cc1. The average Bonchev–Trinajstić information content (AvgIpc) is 3.46. The summed E-state index contributed by atoms with van der Waals surface area (Å²) < 4.78 is 28.1. The van der Waals surface area contributed by atoms with Crippen LogP contribution in [-0.2, 0) is 14.5 Å². The zero-order chi connectivity index (χ0) is 29.4. The molecule has 1 atom stereocenters. The number of benzene rings is 2. The summed E-state index contributed by atoms with van der Waals surface area (Å²) in [5.41, 5.74) is 3.86. The van der Waals surface area contributed by atoms with Gasteiger partial charge in [0.05, 0.1) is 23.1 Å². The number of carbonyl (C=O) groups excluding carboxylic acids is 2. The fourth-order valence-electron chi connectivity index (χ4n) is 4.30. The number of rotatable bonds is 11. The zero-order valence-electron chi connectivity index (χ0n) is 22.8.